The monoisotopic (exact) mass is 161 g/mol. The first-order chi connectivity index (χ1) is 5.20. The van der Waals surface area contributed by atoms with Crippen LogP contribution in [0.1, 0.15) is 13.3 Å². The summed E-state index contributed by atoms with van der Waals surface area (Å²) in [5, 5.41) is 22.4. The van der Waals surface area contributed by atoms with Crippen LogP contribution >= 0.6 is 0 Å². The third kappa shape index (κ3) is 5.63. The van der Waals surface area contributed by atoms with Crippen LogP contribution in [-0.2, 0) is 0 Å². The highest BCUT2D eigenvalue weighted by Gasteiger charge is 2.02. The molecule has 5 N–H and O–H groups in total. The van der Waals surface area contributed by atoms with Gasteiger partial charge in [-0.25, -0.2) is 0 Å². The molecule has 66 valence electrons. The lowest BCUT2D eigenvalue weighted by Gasteiger charge is -2.10. The normalized spacial score (nSPS) is 14.9. The summed E-state index contributed by atoms with van der Waals surface area (Å²) < 4.78 is 0. The molecular weight excluding hydrogens is 146 g/mol. The molecule has 0 radical (unpaired) electrons. The Morgan fingerprint density at radius 3 is 2.82 bits per heavy atom. The summed E-state index contributed by atoms with van der Waals surface area (Å²) in [6, 6.07) is 0.123. The van der Waals surface area contributed by atoms with Crippen molar-refractivity contribution in [3.8, 4) is 0 Å². The van der Waals surface area contributed by atoms with Crippen LogP contribution < -0.4 is 11.1 Å². The fraction of sp³-hybridized carbons (Fsp3) is 0.833. The maximum absolute atomic E-state index is 8.43. The molecule has 0 saturated heterocycles. The number of nitrogens with two attached hydrogens (primary N) is 1. The fourth-order valence-corrected chi connectivity index (χ4v) is 0.738. The molecule has 1 unspecified atom stereocenters. The molecule has 5 heteroatoms. The number of rotatable bonds is 5. The van der Waals surface area contributed by atoms with Crippen LogP contribution in [0.15, 0.2) is 5.16 Å². The second kappa shape index (κ2) is 5.94. The van der Waals surface area contributed by atoms with E-state index < -0.39 is 0 Å². The minimum Gasteiger partial charge on any atom is -0.409 e. The third-order valence-electron chi connectivity index (χ3n) is 1.25. The van der Waals surface area contributed by atoms with E-state index in [-0.39, 0.29) is 18.5 Å². The Morgan fingerprint density at radius 2 is 2.36 bits per heavy atom. The molecule has 0 aromatic heterocycles. The molecule has 0 aliphatic carbocycles. The first-order valence-corrected chi connectivity index (χ1v) is 3.51. The Bertz CT molecular complexity index is 127. The van der Waals surface area contributed by atoms with E-state index >= 15 is 0 Å². The summed E-state index contributed by atoms with van der Waals surface area (Å²) in [4.78, 5) is 0. The van der Waals surface area contributed by atoms with Crippen LogP contribution in [-0.4, -0.2) is 35.3 Å². The van der Waals surface area contributed by atoms with Crippen molar-refractivity contribution in [3.63, 3.8) is 0 Å². The van der Waals surface area contributed by atoms with Gasteiger partial charge in [0.2, 0.25) is 0 Å². The van der Waals surface area contributed by atoms with Gasteiger partial charge in [0.05, 0.1) is 6.61 Å². The van der Waals surface area contributed by atoms with Crippen molar-refractivity contribution in [2.75, 3.05) is 13.2 Å². The van der Waals surface area contributed by atoms with E-state index in [2.05, 4.69) is 10.5 Å². The average molecular weight is 161 g/mol. The molecular formula is C6H15N3O2. The van der Waals surface area contributed by atoms with Crippen LogP contribution in [0, 0.1) is 0 Å². The molecule has 0 aliphatic rings. The predicted octanol–water partition coefficient (Wildman–Crippen LogP) is -0.907. The molecule has 0 saturated carbocycles. The summed E-state index contributed by atoms with van der Waals surface area (Å²) in [6.45, 7) is 2.52. The molecule has 0 bridgehead atoms. The number of oxime groups is 1. The maximum Gasteiger partial charge on any atom is 0.140 e. The second-order valence-electron chi connectivity index (χ2n) is 2.37. The van der Waals surface area contributed by atoms with Crippen LogP contribution in [0.2, 0.25) is 0 Å². The van der Waals surface area contributed by atoms with E-state index in [0.29, 0.717) is 13.0 Å². The van der Waals surface area contributed by atoms with Gasteiger partial charge in [-0.2, -0.15) is 0 Å². The van der Waals surface area contributed by atoms with Crippen LogP contribution in [0.25, 0.3) is 0 Å². The first-order valence-electron chi connectivity index (χ1n) is 3.51. The summed E-state index contributed by atoms with van der Waals surface area (Å²) in [7, 11) is 0. The van der Waals surface area contributed by atoms with Gasteiger partial charge in [-0.05, 0) is 6.92 Å². The highest BCUT2D eigenvalue weighted by Crippen LogP contribution is 1.88. The highest BCUT2D eigenvalue weighted by molar-refractivity contribution is 5.80. The number of aliphatic hydroxyl groups excluding tert-OH is 1. The predicted molar refractivity (Wildman–Crippen MR) is 42.6 cm³/mol. The van der Waals surface area contributed by atoms with Gasteiger partial charge in [-0.15, -0.1) is 0 Å². The molecule has 1 atom stereocenters. The molecule has 0 aliphatic heterocycles. The molecule has 0 amide bonds. The lowest BCUT2D eigenvalue weighted by molar-refractivity contribution is 0.285. The van der Waals surface area contributed by atoms with Gasteiger partial charge in [-0.1, -0.05) is 5.16 Å². The van der Waals surface area contributed by atoms with Crippen molar-refractivity contribution in [1.29, 1.82) is 0 Å². The molecule has 0 spiro atoms. The van der Waals surface area contributed by atoms with E-state index in [4.69, 9.17) is 16.0 Å². The number of nitrogens with zero attached hydrogens (tertiary/aromatic N) is 1. The molecule has 0 fully saturated rings. The van der Waals surface area contributed by atoms with E-state index in [1.165, 1.54) is 0 Å². The van der Waals surface area contributed by atoms with Gasteiger partial charge >= 0.3 is 0 Å². The number of nitrogens with one attached hydrogen (secondary N) is 1. The zero-order valence-corrected chi connectivity index (χ0v) is 6.62. The highest BCUT2D eigenvalue weighted by atomic mass is 16.4. The van der Waals surface area contributed by atoms with Gasteiger partial charge < -0.3 is 21.4 Å². The van der Waals surface area contributed by atoms with Crippen molar-refractivity contribution >= 4 is 5.84 Å². The standard InChI is InChI=1S/C6H15N3O2/c1-5(8-2-3-10)4-6(7)9-11/h5,8,10-11H,2-4H2,1H3,(H2,7,9). The quantitative estimate of drug-likeness (QED) is 0.182. The van der Waals surface area contributed by atoms with Crippen molar-refractivity contribution < 1.29 is 10.3 Å². The zero-order chi connectivity index (χ0) is 8.69. The minimum atomic E-state index is 0.0977. The Balaban J connectivity index is 3.43. The number of amidine groups is 1. The van der Waals surface area contributed by atoms with Crippen molar-refractivity contribution in [2.24, 2.45) is 10.9 Å². The van der Waals surface area contributed by atoms with E-state index in [1.54, 1.807) is 0 Å². The van der Waals surface area contributed by atoms with Gasteiger partial charge in [0.15, 0.2) is 0 Å². The summed E-state index contributed by atoms with van der Waals surface area (Å²) in [6.07, 6.45) is 0.483. The topological polar surface area (TPSA) is 90.9 Å². The molecule has 11 heavy (non-hydrogen) atoms. The van der Waals surface area contributed by atoms with E-state index in [1.807, 2.05) is 6.92 Å². The average Bonchev–Trinajstić information content (AvgIpc) is 2.00. The summed E-state index contributed by atoms with van der Waals surface area (Å²) in [5.74, 6) is 0.197. The van der Waals surface area contributed by atoms with E-state index in [0.717, 1.165) is 0 Å². The number of hydrogen-bond donors (Lipinski definition) is 4. The minimum absolute atomic E-state index is 0.0977. The molecule has 0 rings (SSSR count). The van der Waals surface area contributed by atoms with Gasteiger partial charge in [-0.3, -0.25) is 0 Å². The van der Waals surface area contributed by atoms with Crippen molar-refractivity contribution in [2.45, 2.75) is 19.4 Å². The smallest absolute Gasteiger partial charge is 0.140 e. The second-order valence-corrected chi connectivity index (χ2v) is 2.37. The van der Waals surface area contributed by atoms with E-state index in [9.17, 15) is 0 Å². The Kier molecular flexibility index (Phi) is 5.50. The summed E-state index contributed by atoms with van der Waals surface area (Å²) >= 11 is 0. The Labute approximate surface area is 65.9 Å². The van der Waals surface area contributed by atoms with Crippen LogP contribution in [0.4, 0.5) is 0 Å². The van der Waals surface area contributed by atoms with Crippen LogP contribution in [0.5, 0.6) is 0 Å². The summed E-state index contributed by atoms with van der Waals surface area (Å²) in [5.41, 5.74) is 5.24. The van der Waals surface area contributed by atoms with Crippen molar-refractivity contribution in [3.05, 3.63) is 0 Å². The van der Waals surface area contributed by atoms with Gasteiger partial charge in [0.25, 0.3) is 0 Å². The first kappa shape index (κ1) is 10.2. The molecule has 0 heterocycles. The lowest BCUT2D eigenvalue weighted by Crippen LogP contribution is -2.32. The lowest BCUT2D eigenvalue weighted by atomic mass is 10.2. The zero-order valence-electron chi connectivity index (χ0n) is 6.62. The fourth-order valence-electron chi connectivity index (χ4n) is 0.738. The number of hydrogen-bond acceptors (Lipinski definition) is 4. The SMILES string of the molecule is CC(CC(N)=NO)NCCO. The Hall–Kier alpha value is -0.810. The number of aliphatic hydroxyl groups is 1. The molecule has 0 aromatic carbocycles. The Morgan fingerprint density at radius 1 is 1.73 bits per heavy atom. The van der Waals surface area contributed by atoms with Gasteiger partial charge in [0.1, 0.15) is 5.84 Å². The third-order valence-corrected chi connectivity index (χ3v) is 1.25. The molecule has 5 nitrogen and oxygen atoms in total. The van der Waals surface area contributed by atoms with Crippen LogP contribution in [0.3, 0.4) is 0 Å². The largest absolute Gasteiger partial charge is 0.409 e. The maximum atomic E-state index is 8.43. The molecule has 0 aromatic rings. The van der Waals surface area contributed by atoms with Gasteiger partial charge in [0, 0.05) is 19.0 Å². The van der Waals surface area contributed by atoms with Crippen molar-refractivity contribution in [1.82, 2.24) is 5.32 Å².